The van der Waals surface area contributed by atoms with Crippen molar-refractivity contribution in [3.05, 3.63) is 87.5 Å². The molecule has 0 spiro atoms. The number of hydrogen-bond donors (Lipinski definition) is 1. The summed E-state index contributed by atoms with van der Waals surface area (Å²) in [6.45, 7) is 6.91. The molecule has 0 saturated carbocycles. The van der Waals surface area contributed by atoms with Crippen molar-refractivity contribution >= 4 is 10.9 Å². The van der Waals surface area contributed by atoms with Gasteiger partial charge in [-0.1, -0.05) is 55.5 Å². The second kappa shape index (κ2) is 11.1. The SMILES string of the molecule is CC[C@@H](c1nnnn1C[C@H]1CCCO1)N(CCc1ccccc1)Cc1cc2cccc(C)c2[nH]c1=O. The van der Waals surface area contributed by atoms with Gasteiger partial charge in [-0.2, -0.15) is 0 Å². The Hall–Kier alpha value is -3.36. The lowest BCUT2D eigenvalue weighted by molar-refractivity contribution is 0.0893. The van der Waals surface area contributed by atoms with E-state index in [0.29, 0.717) is 13.1 Å². The van der Waals surface area contributed by atoms with E-state index in [4.69, 9.17) is 4.74 Å². The zero-order valence-corrected chi connectivity index (χ0v) is 21.1. The van der Waals surface area contributed by atoms with Crippen LogP contribution in [0.2, 0.25) is 0 Å². The number of H-pyrrole nitrogens is 1. The molecule has 188 valence electrons. The highest BCUT2D eigenvalue weighted by Crippen LogP contribution is 2.26. The molecule has 1 fully saturated rings. The molecule has 1 aliphatic rings. The lowest BCUT2D eigenvalue weighted by Crippen LogP contribution is -2.34. The van der Waals surface area contributed by atoms with Crippen molar-refractivity contribution < 1.29 is 4.74 Å². The summed E-state index contributed by atoms with van der Waals surface area (Å²) in [6, 6.07) is 18.5. The standard InChI is InChI=1S/C28H34N6O2/c1-3-25(27-30-31-32-34(27)19-24-13-8-16-36-24)33(15-14-21-10-5-4-6-11-21)18-23-17-22-12-7-9-20(2)26(22)29-28(23)35/h4-7,9-12,17,24-25H,3,8,13-16,18-19H2,1-2H3,(H,29,35)/t24-,25+/m1/s1. The molecule has 36 heavy (non-hydrogen) atoms. The minimum absolute atomic E-state index is 0.0299. The van der Waals surface area contributed by atoms with Crippen molar-refractivity contribution in [2.24, 2.45) is 0 Å². The molecular formula is C28H34N6O2. The Morgan fingerprint density at radius 3 is 2.83 bits per heavy atom. The molecule has 2 aromatic carbocycles. The molecule has 8 heteroatoms. The molecule has 3 heterocycles. The minimum atomic E-state index is -0.0460. The highest BCUT2D eigenvalue weighted by Gasteiger charge is 2.27. The maximum atomic E-state index is 13.1. The number of aryl methyl sites for hydroxylation is 1. The minimum Gasteiger partial charge on any atom is -0.376 e. The number of aromatic nitrogens is 5. The first-order valence-electron chi connectivity index (χ1n) is 12.9. The van der Waals surface area contributed by atoms with Crippen LogP contribution in [0.1, 0.15) is 54.7 Å². The first kappa shape index (κ1) is 24.3. The Kier molecular flexibility index (Phi) is 7.53. The molecule has 1 aliphatic heterocycles. The van der Waals surface area contributed by atoms with Gasteiger partial charge in [0.15, 0.2) is 5.82 Å². The molecule has 4 aromatic rings. The third-order valence-corrected chi connectivity index (χ3v) is 7.15. The Morgan fingerprint density at radius 2 is 2.06 bits per heavy atom. The van der Waals surface area contributed by atoms with E-state index in [9.17, 15) is 4.79 Å². The van der Waals surface area contributed by atoms with Crippen LogP contribution in [-0.2, 0) is 24.2 Å². The molecule has 1 N–H and O–H groups in total. The third kappa shape index (κ3) is 5.39. The summed E-state index contributed by atoms with van der Waals surface area (Å²) >= 11 is 0. The molecule has 2 atom stereocenters. The number of aromatic amines is 1. The van der Waals surface area contributed by atoms with E-state index in [1.54, 1.807) is 0 Å². The predicted molar refractivity (Wildman–Crippen MR) is 140 cm³/mol. The van der Waals surface area contributed by atoms with Crippen molar-refractivity contribution in [2.75, 3.05) is 13.2 Å². The molecule has 0 aliphatic carbocycles. The van der Waals surface area contributed by atoms with Crippen molar-refractivity contribution in [1.82, 2.24) is 30.1 Å². The zero-order valence-electron chi connectivity index (χ0n) is 21.1. The van der Waals surface area contributed by atoms with Crippen LogP contribution in [0, 0.1) is 6.92 Å². The van der Waals surface area contributed by atoms with Gasteiger partial charge in [-0.15, -0.1) is 5.10 Å². The number of nitrogens with one attached hydrogen (secondary N) is 1. The second-order valence-electron chi connectivity index (χ2n) is 9.65. The van der Waals surface area contributed by atoms with Gasteiger partial charge < -0.3 is 9.72 Å². The third-order valence-electron chi connectivity index (χ3n) is 7.15. The average Bonchev–Trinajstić information content (AvgIpc) is 3.57. The van der Waals surface area contributed by atoms with Gasteiger partial charge in [0.25, 0.3) is 5.56 Å². The monoisotopic (exact) mass is 486 g/mol. The largest absolute Gasteiger partial charge is 0.376 e. The van der Waals surface area contributed by atoms with Gasteiger partial charge in [0.05, 0.1) is 24.2 Å². The van der Waals surface area contributed by atoms with Gasteiger partial charge in [0.2, 0.25) is 0 Å². The maximum absolute atomic E-state index is 13.1. The molecule has 5 rings (SSSR count). The zero-order chi connectivity index (χ0) is 24.9. The lowest BCUT2D eigenvalue weighted by atomic mass is 10.1. The number of ether oxygens (including phenoxy) is 1. The van der Waals surface area contributed by atoms with Crippen LogP contribution in [0.4, 0.5) is 0 Å². The van der Waals surface area contributed by atoms with Crippen LogP contribution < -0.4 is 5.56 Å². The van der Waals surface area contributed by atoms with E-state index in [0.717, 1.165) is 66.7 Å². The van der Waals surface area contributed by atoms with E-state index < -0.39 is 0 Å². The van der Waals surface area contributed by atoms with Crippen LogP contribution in [0.3, 0.4) is 0 Å². The van der Waals surface area contributed by atoms with Crippen molar-refractivity contribution in [1.29, 1.82) is 0 Å². The highest BCUT2D eigenvalue weighted by atomic mass is 16.5. The molecule has 0 bridgehead atoms. The van der Waals surface area contributed by atoms with Crippen LogP contribution in [0.15, 0.2) is 59.4 Å². The van der Waals surface area contributed by atoms with Crippen molar-refractivity contribution in [3.63, 3.8) is 0 Å². The summed E-state index contributed by atoms with van der Waals surface area (Å²) in [5, 5.41) is 13.8. The highest BCUT2D eigenvalue weighted by molar-refractivity contribution is 5.81. The summed E-state index contributed by atoms with van der Waals surface area (Å²) in [5.41, 5.74) is 3.93. The molecular weight excluding hydrogens is 452 g/mol. The predicted octanol–water partition coefficient (Wildman–Crippen LogP) is 4.20. The van der Waals surface area contributed by atoms with E-state index in [-0.39, 0.29) is 17.7 Å². The van der Waals surface area contributed by atoms with E-state index >= 15 is 0 Å². The van der Waals surface area contributed by atoms with Gasteiger partial charge in [0, 0.05) is 25.3 Å². The number of tetrazole rings is 1. The smallest absolute Gasteiger partial charge is 0.252 e. The second-order valence-corrected chi connectivity index (χ2v) is 9.65. The summed E-state index contributed by atoms with van der Waals surface area (Å²) < 4.78 is 7.74. The van der Waals surface area contributed by atoms with Crippen LogP contribution in [0.25, 0.3) is 10.9 Å². The van der Waals surface area contributed by atoms with Gasteiger partial charge in [0.1, 0.15) is 0 Å². The van der Waals surface area contributed by atoms with Crippen molar-refractivity contribution in [3.8, 4) is 0 Å². The van der Waals surface area contributed by atoms with Crippen LogP contribution >= 0.6 is 0 Å². The van der Waals surface area contributed by atoms with E-state index in [1.165, 1.54) is 5.56 Å². The topological polar surface area (TPSA) is 88.9 Å². The first-order valence-corrected chi connectivity index (χ1v) is 12.9. The van der Waals surface area contributed by atoms with E-state index in [1.807, 2.05) is 35.9 Å². The fourth-order valence-corrected chi connectivity index (χ4v) is 5.19. The number of rotatable bonds is 10. The Bertz CT molecular complexity index is 1340. The molecule has 0 radical (unpaired) electrons. The van der Waals surface area contributed by atoms with Crippen LogP contribution in [-0.4, -0.2) is 49.3 Å². The molecule has 8 nitrogen and oxygen atoms in total. The number of nitrogens with zero attached hydrogens (tertiary/aromatic N) is 5. The maximum Gasteiger partial charge on any atom is 0.252 e. The Balaban J connectivity index is 1.46. The van der Waals surface area contributed by atoms with E-state index in [2.05, 4.69) is 62.7 Å². The summed E-state index contributed by atoms with van der Waals surface area (Å²) in [7, 11) is 0. The Morgan fingerprint density at radius 1 is 1.19 bits per heavy atom. The molecule has 0 amide bonds. The Labute approximate surface area is 211 Å². The number of benzene rings is 2. The number of para-hydroxylation sites is 1. The van der Waals surface area contributed by atoms with Crippen molar-refractivity contribution in [2.45, 2.75) is 64.8 Å². The molecule has 2 aromatic heterocycles. The average molecular weight is 487 g/mol. The summed E-state index contributed by atoms with van der Waals surface area (Å²) in [5.74, 6) is 0.828. The summed E-state index contributed by atoms with van der Waals surface area (Å²) in [6.07, 6.45) is 3.95. The molecule has 1 saturated heterocycles. The number of hydrogen-bond acceptors (Lipinski definition) is 6. The van der Waals surface area contributed by atoms with Gasteiger partial charge in [-0.05, 0) is 65.6 Å². The first-order chi connectivity index (χ1) is 17.6. The van der Waals surface area contributed by atoms with Gasteiger partial charge >= 0.3 is 0 Å². The van der Waals surface area contributed by atoms with Crippen LogP contribution in [0.5, 0.6) is 0 Å². The number of fused-ring (bicyclic) bond motifs is 1. The normalized spacial score (nSPS) is 16.7. The fourth-order valence-electron chi connectivity index (χ4n) is 5.19. The number of pyridine rings is 1. The summed E-state index contributed by atoms with van der Waals surface area (Å²) in [4.78, 5) is 18.6. The lowest BCUT2D eigenvalue weighted by Gasteiger charge is -2.30. The van der Waals surface area contributed by atoms with Gasteiger partial charge in [-0.25, -0.2) is 4.68 Å². The van der Waals surface area contributed by atoms with Gasteiger partial charge in [-0.3, -0.25) is 9.69 Å². The quantitative estimate of drug-likeness (QED) is 0.361. The molecule has 0 unspecified atom stereocenters. The fraction of sp³-hybridized carbons (Fsp3) is 0.429.